The SMILES string of the molecule is CCc1cc(Br)c2cc(-c3ccc(F)cc3)c(=O)[nH]c2c1. The zero-order valence-corrected chi connectivity index (χ0v) is 13.0. The number of pyridine rings is 1. The van der Waals surface area contributed by atoms with Crippen LogP contribution in [0.5, 0.6) is 0 Å². The van der Waals surface area contributed by atoms with Crippen LogP contribution in [0.2, 0.25) is 0 Å². The van der Waals surface area contributed by atoms with E-state index in [1.807, 2.05) is 12.1 Å². The van der Waals surface area contributed by atoms with Crippen molar-refractivity contribution in [3.63, 3.8) is 0 Å². The van der Waals surface area contributed by atoms with Crippen LogP contribution < -0.4 is 5.56 Å². The van der Waals surface area contributed by atoms with Crippen molar-refractivity contribution in [2.24, 2.45) is 0 Å². The van der Waals surface area contributed by atoms with Gasteiger partial charge >= 0.3 is 0 Å². The first kappa shape index (κ1) is 14.0. The molecule has 1 aromatic heterocycles. The molecule has 4 heteroatoms. The summed E-state index contributed by atoms with van der Waals surface area (Å²) in [6.07, 6.45) is 0.899. The summed E-state index contributed by atoms with van der Waals surface area (Å²) in [4.78, 5) is 15.2. The van der Waals surface area contributed by atoms with Crippen molar-refractivity contribution in [1.29, 1.82) is 0 Å². The van der Waals surface area contributed by atoms with Crippen molar-refractivity contribution < 1.29 is 4.39 Å². The fraction of sp³-hybridized carbons (Fsp3) is 0.118. The van der Waals surface area contributed by atoms with Crippen molar-refractivity contribution in [2.45, 2.75) is 13.3 Å². The highest BCUT2D eigenvalue weighted by Gasteiger charge is 2.09. The molecule has 0 saturated heterocycles. The lowest BCUT2D eigenvalue weighted by molar-refractivity contribution is 0.628. The second-order valence-electron chi connectivity index (χ2n) is 4.91. The van der Waals surface area contributed by atoms with Crippen molar-refractivity contribution in [3.8, 4) is 11.1 Å². The highest BCUT2D eigenvalue weighted by molar-refractivity contribution is 9.10. The summed E-state index contributed by atoms with van der Waals surface area (Å²) in [5.41, 5.74) is 3.02. The molecule has 0 saturated carbocycles. The number of hydrogen-bond acceptors (Lipinski definition) is 1. The second-order valence-corrected chi connectivity index (χ2v) is 5.77. The summed E-state index contributed by atoms with van der Waals surface area (Å²) in [6, 6.07) is 11.8. The van der Waals surface area contributed by atoms with E-state index in [9.17, 15) is 9.18 Å². The lowest BCUT2D eigenvalue weighted by Crippen LogP contribution is -2.09. The summed E-state index contributed by atoms with van der Waals surface area (Å²) in [5, 5.41) is 0.936. The molecule has 0 amide bonds. The minimum Gasteiger partial charge on any atom is -0.321 e. The molecule has 3 aromatic rings. The zero-order valence-electron chi connectivity index (χ0n) is 11.4. The summed E-state index contributed by atoms with van der Waals surface area (Å²) in [7, 11) is 0. The molecule has 0 unspecified atom stereocenters. The van der Waals surface area contributed by atoms with Crippen molar-refractivity contribution in [2.75, 3.05) is 0 Å². The molecule has 0 aliphatic carbocycles. The van der Waals surface area contributed by atoms with Crippen molar-refractivity contribution in [3.05, 3.63) is 68.7 Å². The number of H-pyrrole nitrogens is 1. The lowest BCUT2D eigenvalue weighted by Gasteiger charge is -2.07. The lowest BCUT2D eigenvalue weighted by atomic mass is 10.0. The van der Waals surface area contributed by atoms with Crippen molar-refractivity contribution in [1.82, 2.24) is 4.98 Å². The molecule has 2 aromatic carbocycles. The monoisotopic (exact) mass is 345 g/mol. The molecule has 106 valence electrons. The van der Waals surface area contributed by atoms with E-state index in [-0.39, 0.29) is 11.4 Å². The van der Waals surface area contributed by atoms with E-state index in [0.29, 0.717) is 11.1 Å². The predicted molar refractivity (Wildman–Crippen MR) is 87.0 cm³/mol. The van der Waals surface area contributed by atoms with Gasteiger partial charge in [0, 0.05) is 20.9 Å². The van der Waals surface area contributed by atoms with Crippen LogP contribution in [-0.2, 0) is 6.42 Å². The van der Waals surface area contributed by atoms with Crippen LogP contribution >= 0.6 is 15.9 Å². The smallest absolute Gasteiger partial charge is 0.256 e. The van der Waals surface area contributed by atoms with E-state index >= 15 is 0 Å². The minimum atomic E-state index is -0.315. The van der Waals surface area contributed by atoms with Gasteiger partial charge in [-0.1, -0.05) is 35.0 Å². The molecular weight excluding hydrogens is 333 g/mol. The standard InChI is InChI=1S/C17H13BrFNO/c1-2-10-7-15(18)14-9-13(17(21)20-16(14)8-10)11-3-5-12(19)6-4-11/h3-9H,2H2,1H3,(H,20,21). The molecule has 1 N–H and O–H groups in total. The number of fused-ring (bicyclic) bond motifs is 1. The molecule has 0 fully saturated rings. The third-order valence-electron chi connectivity index (χ3n) is 3.53. The van der Waals surface area contributed by atoms with Gasteiger partial charge in [-0.05, 0) is 47.9 Å². The van der Waals surface area contributed by atoms with Gasteiger partial charge in [0.15, 0.2) is 0 Å². The Morgan fingerprint density at radius 2 is 1.86 bits per heavy atom. The Morgan fingerprint density at radius 1 is 1.14 bits per heavy atom. The normalized spacial score (nSPS) is 11.0. The fourth-order valence-electron chi connectivity index (χ4n) is 2.37. The average Bonchev–Trinajstić information content (AvgIpc) is 2.47. The van der Waals surface area contributed by atoms with Gasteiger partial charge in [0.05, 0.1) is 0 Å². The minimum absolute atomic E-state index is 0.172. The Hall–Kier alpha value is -1.94. The van der Waals surface area contributed by atoms with E-state index < -0.39 is 0 Å². The van der Waals surface area contributed by atoms with Gasteiger partial charge in [-0.15, -0.1) is 0 Å². The van der Waals surface area contributed by atoms with Gasteiger partial charge in [-0.2, -0.15) is 0 Å². The number of halogens is 2. The number of benzene rings is 2. The third kappa shape index (κ3) is 2.63. The Bertz CT molecular complexity index is 868. The third-order valence-corrected chi connectivity index (χ3v) is 4.19. The first-order valence-corrected chi connectivity index (χ1v) is 7.49. The van der Waals surface area contributed by atoms with Gasteiger partial charge in [0.2, 0.25) is 0 Å². The quantitative estimate of drug-likeness (QED) is 0.719. The largest absolute Gasteiger partial charge is 0.321 e. The Kier molecular flexibility index (Phi) is 3.64. The maximum absolute atomic E-state index is 13.0. The van der Waals surface area contributed by atoms with E-state index in [1.54, 1.807) is 12.1 Å². The number of aromatic amines is 1. The van der Waals surface area contributed by atoms with E-state index in [0.717, 1.165) is 27.4 Å². The molecule has 0 aliphatic rings. The Morgan fingerprint density at radius 3 is 2.52 bits per heavy atom. The maximum Gasteiger partial charge on any atom is 0.256 e. The van der Waals surface area contributed by atoms with Crippen LogP contribution in [0.4, 0.5) is 4.39 Å². The second kappa shape index (κ2) is 5.45. The molecule has 0 radical (unpaired) electrons. The van der Waals surface area contributed by atoms with Crippen molar-refractivity contribution >= 4 is 26.8 Å². The van der Waals surface area contributed by atoms with Crippen LogP contribution in [0, 0.1) is 5.82 Å². The molecule has 0 aliphatic heterocycles. The molecule has 3 rings (SSSR count). The first-order chi connectivity index (χ1) is 10.1. The van der Waals surface area contributed by atoms with Crippen LogP contribution in [0.25, 0.3) is 22.0 Å². The van der Waals surface area contributed by atoms with Crippen LogP contribution in [0.1, 0.15) is 12.5 Å². The van der Waals surface area contributed by atoms with Gasteiger partial charge in [0.25, 0.3) is 5.56 Å². The molecule has 0 spiro atoms. The van der Waals surface area contributed by atoms with Crippen LogP contribution in [0.3, 0.4) is 0 Å². The summed E-state index contributed by atoms with van der Waals surface area (Å²) < 4.78 is 14.0. The van der Waals surface area contributed by atoms with Crippen LogP contribution in [0.15, 0.2) is 51.7 Å². The predicted octanol–water partition coefficient (Wildman–Crippen LogP) is 4.66. The number of hydrogen-bond donors (Lipinski definition) is 1. The Labute approximate surface area is 129 Å². The molecule has 0 bridgehead atoms. The average molecular weight is 346 g/mol. The van der Waals surface area contributed by atoms with E-state index in [4.69, 9.17) is 0 Å². The van der Waals surface area contributed by atoms with Gasteiger partial charge in [-0.25, -0.2) is 4.39 Å². The van der Waals surface area contributed by atoms with Gasteiger partial charge in [-0.3, -0.25) is 4.79 Å². The highest BCUT2D eigenvalue weighted by atomic mass is 79.9. The number of nitrogens with one attached hydrogen (secondary N) is 1. The summed E-state index contributed by atoms with van der Waals surface area (Å²) >= 11 is 3.55. The molecule has 2 nitrogen and oxygen atoms in total. The summed E-state index contributed by atoms with van der Waals surface area (Å²) in [6.45, 7) is 2.07. The van der Waals surface area contributed by atoms with Gasteiger partial charge < -0.3 is 4.98 Å². The van der Waals surface area contributed by atoms with Crippen LogP contribution in [-0.4, -0.2) is 4.98 Å². The van der Waals surface area contributed by atoms with E-state index in [2.05, 4.69) is 33.9 Å². The maximum atomic E-state index is 13.0. The number of rotatable bonds is 2. The molecule has 1 heterocycles. The topological polar surface area (TPSA) is 32.9 Å². The fourth-order valence-corrected chi connectivity index (χ4v) is 2.99. The van der Waals surface area contributed by atoms with E-state index in [1.165, 1.54) is 12.1 Å². The van der Waals surface area contributed by atoms with Gasteiger partial charge in [0.1, 0.15) is 5.82 Å². The number of aryl methyl sites for hydroxylation is 1. The molecule has 0 atom stereocenters. The zero-order chi connectivity index (χ0) is 15.0. The molecular formula is C17H13BrFNO. The Balaban J connectivity index is 2.26. The first-order valence-electron chi connectivity index (χ1n) is 6.70. The molecule has 21 heavy (non-hydrogen) atoms. The summed E-state index contributed by atoms with van der Waals surface area (Å²) in [5.74, 6) is -0.315. The number of aromatic nitrogens is 1. The highest BCUT2D eigenvalue weighted by Crippen LogP contribution is 2.27.